The number of benzene rings is 1. The summed E-state index contributed by atoms with van der Waals surface area (Å²) in [6.07, 6.45) is 2.83. The Morgan fingerprint density at radius 1 is 1.17 bits per heavy atom. The first kappa shape index (κ1) is 22.0. The molecule has 0 unspecified atom stereocenters. The van der Waals surface area contributed by atoms with Gasteiger partial charge in [-0.1, -0.05) is 13.8 Å². The van der Waals surface area contributed by atoms with Gasteiger partial charge in [0.2, 0.25) is 15.9 Å². The number of sulfonamides is 1. The van der Waals surface area contributed by atoms with Gasteiger partial charge in [-0.25, -0.2) is 8.42 Å². The second kappa shape index (κ2) is 9.01. The SMILES string of the molecule is CCN(CC)S(=O)(=O)c1ccc2c(c1)CCCN2C(=O)CN(C)C(=O)c1ccco1. The van der Waals surface area contributed by atoms with E-state index in [1.165, 1.54) is 15.5 Å². The van der Waals surface area contributed by atoms with E-state index in [-0.39, 0.29) is 29.0 Å². The summed E-state index contributed by atoms with van der Waals surface area (Å²) >= 11 is 0. The molecule has 3 rings (SSSR count). The summed E-state index contributed by atoms with van der Waals surface area (Å²) in [5, 5.41) is 0. The van der Waals surface area contributed by atoms with Crippen LogP contribution in [0.25, 0.3) is 0 Å². The Morgan fingerprint density at radius 3 is 2.53 bits per heavy atom. The summed E-state index contributed by atoms with van der Waals surface area (Å²) in [5.74, 6) is -0.417. The largest absolute Gasteiger partial charge is 0.459 e. The first-order valence-corrected chi connectivity index (χ1v) is 11.5. The Kier molecular flexibility index (Phi) is 6.62. The monoisotopic (exact) mass is 433 g/mol. The van der Waals surface area contributed by atoms with Gasteiger partial charge in [0, 0.05) is 32.4 Å². The minimum atomic E-state index is -3.56. The Bertz CT molecular complexity index is 1010. The maximum absolute atomic E-state index is 12.9. The van der Waals surface area contributed by atoms with E-state index in [0.29, 0.717) is 31.7 Å². The van der Waals surface area contributed by atoms with Gasteiger partial charge in [0.15, 0.2) is 5.76 Å². The molecule has 1 aromatic carbocycles. The van der Waals surface area contributed by atoms with Crippen molar-refractivity contribution < 1.29 is 22.4 Å². The lowest BCUT2D eigenvalue weighted by molar-refractivity contribution is -0.119. The van der Waals surface area contributed by atoms with E-state index in [4.69, 9.17) is 4.42 Å². The van der Waals surface area contributed by atoms with Crippen molar-refractivity contribution in [1.29, 1.82) is 0 Å². The molecule has 0 bridgehead atoms. The van der Waals surface area contributed by atoms with Crippen molar-refractivity contribution in [2.45, 2.75) is 31.6 Å². The van der Waals surface area contributed by atoms with Gasteiger partial charge in [-0.3, -0.25) is 9.59 Å². The van der Waals surface area contributed by atoms with E-state index in [1.54, 1.807) is 56.1 Å². The summed E-state index contributed by atoms with van der Waals surface area (Å²) in [4.78, 5) is 28.4. The highest BCUT2D eigenvalue weighted by Gasteiger charge is 2.28. The van der Waals surface area contributed by atoms with E-state index in [1.807, 2.05) is 0 Å². The maximum atomic E-state index is 12.9. The van der Waals surface area contributed by atoms with E-state index in [9.17, 15) is 18.0 Å². The number of likely N-dealkylation sites (N-methyl/N-ethyl adjacent to an activating group) is 1. The lowest BCUT2D eigenvalue weighted by atomic mass is 10.0. The highest BCUT2D eigenvalue weighted by Crippen LogP contribution is 2.30. The first-order valence-electron chi connectivity index (χ1n) is 10.0. The smallest absolute Gasteiger partial charge is 0.289 e. The number of rotatable bonds is 7. The third kappa shape index (κ3) is 4.27. The van der Waals surface area contributed by atoms with Crippen molar-refractivity contribution in [3.05, 3.63) is 47.9 Å². The van der Waals surface area contributed by atoms with Crippen LogP contribution in [0.1, 0.15) is 36.4 Å². The zero-order chi connectivity index (χ0) is 21.9. The molecule has 1 aliphatic heterocycles. The van der Waals surface area contributed by atoms with Gasteiger partial charge in [-0.2, -0.15) is 4.31 Å². The van der Waals surface area contributed by atoms with E-state index in [2.05, 4.69) is 0 Å². The van der Waals surface area contributed by atoms with Crippen molar-refractivity contribution in [2.75, 3.05) is 38.1 Å². The number of nitrogens with zero attached hydrogens (tertiary/aromatic N) is 3. The molecule has 0 atom stereocenters. The van der Waals surface area contributed by atoms with E-state index >= 15 is 0 Å². The van der Waals surface area contributed by atoms with Gasteiger partial charge in [-0.15, -0.1) is 0 Å². The molecule has 0 N–H and O–H groups in total. The topological polar surface area (TPSA) is 91.1 Å². The molecule has 2 heterocycles. The Labute approximate surface area is 177 Å². The lowest BCUT2D eigenvalue weighted by Crippen LogP contribution is -2.43. The standard InChI is InChI=1S/C21H27N3O5S/c1-4-23(5-2)30(27,28)17-10-11-18-16(14-17)8-6-12-24(18)20(25)15-22(3)21(26)19-9-7-13-29-19/h7,9-11,13-14H,4-6,8,12,15H2,1-3H3. The fourth-order valence-corrected chi connectivity index (χ4v) is 5.16. The minimum absolute atomic E-state index is 0.0987. The zero-order valence-corrected chi connectivity index (χ0v) is 18.3. The van der Waals surface area contributed by atoms with Crippen molar-refractivity contribution in [3.8, 4) is 0 Å². The lowest BCUT2D eigenvalue weighted by Gasteiger charge is -2.31. The third-order valence-electron chi connectivity index (χ3n) is 5.26. The van der Waals surface area contributed by atoms with Crippen LogP contribution in [0.2, 0.25) is 0 Å². The fourth-order valence-electron chi connectivity index (χ4n) is 3.65. The van der Waals surface area contributed by atoms with Crippen molar-refractivity contribution in [3.63, 3.8) is 0 Å². The van der Waals surface area contributed by atoms with E-state index < -0.39 is 10.0 Å². The van der Waals surface area contributed by atoms with Crippen molar-refractivity contribution in [1.82, 2.24) is 9.21 Å². The molecule has 1 aliphatic rings. The molecular weight excluding hydrogens is 406 g/mol. The van der Waals surface area contributed by atoms with Crippen LogP contribution in [0.4, 0.5) is 5.69 Å². The van der Waals surface area contributed by atoms with Crippen LogP contribution in [0.5, 0.6) is 0 Å². The number of anilines is 1. The number of carbonyl (C=O) groups excluding carboxylic acids is 2. The molecule has 8 nitrogen and oxygen atoms in total. The zero-order valence-electron chi connectivity index (χ0n) is 17.5. The predicted octanol–water partition coefficient (Wildman–Crippen LogP) is 2.36. The van der Waals surface area contributed by atoms with Crippen molar-refractivity contribution >= 4 is 27.5 Å². The van der Waals surface area contributed by atoms with Gasteiger partial charge < -0.3 is 14.2 Å². The van der Waals surface area contributed by atoms with Crippen LogP contribution in [-0.2, 0) is 21.2 Å². The van der Waals surface area contributed by atoms with Crippen molar-refractivity contribution in [2.24, 2.45) is 0 Å². The Hall–Kier alpha value is -2.65. The molecule has 0 saturated heterocycles. The molecule has 0 spiro atoms. The number of hydrogen-bond acceptors (Lipinski definition) is 5. The van der Waals surface area contributed by atoms with Crippen LogP contribution >= 0.6 is 0 Å². The second-order valence-corrected chi connectivity index (χ2v) is 9.11. The quantitative estimate of drug-likeness (QED) is 0.669. The molecule has 2 amide bonds. The highest BCUT2D eigenvalue weighted by molar-refractivity contribution is 7.89. The fraction of sp³-hybridized carbons (Fsp3) is 0.429. The number of amides is 2. The molecule has 162 valence electrons. The van der Waals surface area contributed by atoms with Gasteiger partial charge in [0.25, 0.3) is 5.91 Å². The summed E-state index contributed by atoms with van der Waals surface area (Å²) in [6, 6.07) is 8.08. The number of fused-ring (bicyclic) bond motifs is 1. The molecule has 2 aromatic rings. The first-order chi connectivity index (χ1) is 14.3. The highest BCUT2D eigenvalue weighted by atomic mass is 32.2. The minimum Gasteiger partial charge on any atom is -0.459 e. The molecule has 0 saturated carbocycles. The van der Waals surface area contributed by atoms with Crippen LogP contribution < -0.4 is 4.90 Å². The summed E-state index contributed by atoms with van der Waals surface area (Å²) < 4.78 is 32.2. The van der Waals surface area contributed by atoms with Crippen LogP contribution in [0.3, 0.4) is 0 Å². The maximum Gasteiger partial charge on any atom is 0.289 e. The van der Waals surface area contributed by atoms with Crippen LogP contribution in [-0.4, -0.2) is 62.7 Å². The molecule has 0 aliphatic carbocycles. The summed E-state index contributed by atoms with van der Waals surface area (Å²) in [6.45, 7) is 4.84. The Balaban J connectivity index is 1.80. The van der Waals surface area contributed by atoms with Crippen LogP contribution in [0, 0.1) is 0 Å². The molecule has 9 heteroatoms. The number of aryl methyl sites for hydroxylation is 1. The van der Waals surface area contributed by atoms with Gasteiger partial charge >= 0.3 is 0 Å². The molecule has 0 fully saturated rings. The van der Waals surface area contributed by atoms with Gasteiger partial charge in [0.1, 0.15) is 6.54 Å². The molecule has 1 aromatic heterocycles. The molecular formula is C21H27N3O5S. The average molecular weight is 434 g/mol. The Morgan fingerprint density at radius 2 is 1.90 bits per heavy atom. The average Bonchev–Trinajstić information content (AvgIpc) is 3.27. The van der Waals surface area contributed by atoms with Gasteiger partial charge in [-0.05, 0) is 48.7 Å². The van der Waals surface area contributed by atoms with E-state index in [0.717, 1.165) is 12.0 Å². The van der Waals surface area contributed by atoms with Gasteiger partial charge in [0.05, 0.1) is 11.2 Å². The number of carbonyl (C=O) groups is 2. The predicted molar refractivity (Wildman–Crippen MR) is 113 cm³/mol. The second-order valence-electron chi connectivity index (χ2n) is 7.17. The number of furan rings is 1. The summed E-state index contributed by atoms with van der Waals surface area (Å²) in [5.41, 5.74) is 1.52. The van der Waals surface area contributed by atoms with Crippen LogP contribution in [0.15, 0.2) is 45.9 Å². The molecule has 30 heavy (non-hydrogen) atoms. The summed E-state index contributed by atoms with van der Waals surface area (Å²) in [7, 11) is -2.01. The normalized spacial score (nSPS) is 13.9. The molecule has 0 radical (unpaired) electrons. The number of hydrogen-bond donors (Lipinski definition) is 0. The third-order valence-corrected chi connectivity index (χ3v) is 7.31.